The van der Waals surface area contributed by atoms with Gasteiger partial charge in [0, 0.05) is 17.7 Å². The minimum atomic E-state index is -0.279. The quantitative estimate of drug-likeness (QED) is 0.710. The second kappa shape index (κ2) is 7.35. The Kier molecular flexibility index (Phi) is 4.98. The van der Waals surface area contributed by atoms with Crippen LogP contribution in [0.4, 0.5) is 5.69 Å². The van der Waals surface area contributed by atoms with E-state index in [1.54, 1.807) is 35.0 Å². The number of ketones is 1. The maximum atomic E-state index is 12.9. The van der Waals surface area contributed by atoms with Crippen LogP contribution >= 0.6 is 0 Å². The molecule has 1 aromatic heterocycles. The Balaban J connectivity index is 1.96. The minimum Gasteiger partial charge on any atom is -0.320 e. The van der Waals surface area contributed by atoms with E-state index in [9.17, 15) is 9.59 Å². The SMILES string of the molecule is CCn1nc(C)cc1C(=O)Nc1ccc(C)cc1C(=O)c1ccccc1. The van der Waals surface area contributed by atoms with Gasteiger partial charge in [-0.05, 0) is 39.0 Å². The van der Waals surface area contributed by atoms with E-state index in [0.29, 0.717) is 29.1 Å². The van der Waals surface area contributed by atoms with E-state index in [1.165, 1.54) is 0 Å². The van der Waals surface area contributed by atoms with E-state index in [0.717, 1.165) is 11.3 Å². The van der Waals surface area contributed by atoms with Gasteiger partial charge in [0.1, 0.15) is 5.69 Å². The molecular weight excluding hydrogens is 326 g/mol. The largest absolute Gasteiger partial charge is 0.320 e. The number of hydrogen-bond donors (Lipinski definition) is 1. The Morgan fingerprint density at radius 2 is 1.77 bits per heavy atom. The minimum absolute atomic E-state index is 0.121. The topological polar surface area (TPSA) is 64.0 Å². The van der Waals surface area contributed by atoms with Crippen molar-refractivity contribution in [3.8, 4) is 0 Å². The number of amides is 1. The number of carbonyl (C=O) groups excluding carboxylic acids is 2. The van der Waals surface area contributed by atoms with Crippen LogP contribution in [0.15, 0.2) is 54.6 Å². The molecule has 0 bridgehead atoms. The Morgan fingerprint density at radius 3 is 2.46 bits per heavy atom. The molecule has 0 aliphatic rings. The number of anilines is 1. The average molecular weight is 347 g/mol. The molecular formula is C21H21N3O2. The number of nitrogens with one attached hydrogen (secondary N) is 1. The first-order valence-electron chi connectivity index (χ1n) is 8.55. The van der Waals surface area contributed by atoms with E-state index in [4.69, 9.17) is 0 Å². The molecule has 132 valence electrons. The van der Waals surface area contributed by atoms with E-state index in [2.05, 4.69) is 10.4 Å². The summed E-state index contributed by atoms with van der Waals surface area (Å²) in [7, 11) is 0. The van der Waals surface area contributed by atoms with Gasteiger partial charge >= 0.3 is 0 Å². The highest BCUT2D eigenvalue weighted by atomic mass is 16.2. The number of benzene rings is 2. The summed E-state index contributed by atoms with van der Waals surface area (Å²) in [4.78, 5) is 25.6. The third kappa shape index (κ3) is 3.57. The number of hydrogen-bond acceptors (Lipinski definition) is 3. The zero-order valence-corrected chi connectivity index (χ0v) is 15.1. The molecule has 0 aliphatic heterocycles. The molecule has 5 heteroatoms. The van der Waals surface area contributed by atoms with Gasteiger partial charge in [-0.15, -0.1) is 0 Å². The third-order valence-corrected chi connectivity index (χ3v) is 4.14. The number of carbonyl (C=O) groups is 2. The number of aryl methyl sites for hydroxylation is 3. The Labute approximate surface area is 152 Å². The van der Waals surface area contributed by atoms with Crippen LogP contribution < -0.4 is 5.32 Å². The maximum absolute atomic E-state index is 12.9. The van der Waals surface area contributed by atoms with Gasteiger partial charge in [0.05, 0.1) is 11.4 Å². The fourth-order valence-corrected chi connectivity index (χ4v) is 2.86. The second-order valence-electron chi connectivity index (χ2n) is 6.19. The lowest BCUT2D eigenvalue weighted by atomic mass is 9.99. The van der Waals surface area contributed by atoms with Gasteiger partial charge < -0.3 is 5.32 Å². The van der Waals surface area contributed by atoms with Gasteiger partial charge in [-0.3, -0.25) is 14.3 Å². The standard InChI is InChI=1S/C21H21N3O2/c1-4-24-19(13-15(3)23-24)21(26)22-18-11-10-14(2)12-17(18)20(25)16-8-6-5-7-9-16/h5-13H,4H2,1-3H3,(H,22,26). The van der Waals surface area contributed by atoms with Crippen molar-refractivity contribution < 1.29 is 9.59 Å². The van der Waals surface area contributed by atoms with E-state index in [-0.39, 0.29) is 11.7 Å². The van der Waals surface area contributed by atoms with Crippen LogP contribution in [0.3, 0.4) is 0 Å². The summed E-state index contributed by atoms with van der Waals surface area (Å²) >= 11 is 0. The molecule has 0 spiro atoms. The fraction of sp³-hybridized carbons (Fsp3) is 0.190. The lowest BCUT2D eigenvalue weighted by molar-refractivity contribution is 0.101. The van der Waals surface area contributed by atoms with E-state index < -0.39 is 0 Å². The zero-order valence-electron chi connectivity index (χ0n) is 15.1. The van der Waals surface area contributed by atoms with Crippen molar-refractivity contribution in [3.05, 3.63) is 82.7 Å². The van der Waals surface area contributed by atoms with Crippen LogP contribution in [0.1, 0.15) is 44.6 Å². The first kappa shape index (κ1) is 17.6. The van der Waals surface area contributed by atoms with Crippen LogP contribution in [0.2, 0.25) is 0 Å². The maximum Gasteiger partial charge on any atom is 0.273 e. The summed E-state index contributed by atoms with van der Waals surface area (Å²) < 4.78 is 1.65. The van der Waals surface area contributed by atoms with Crippen molar-refractivity contribution >= 4 is 17.4 Å². The van der Waals surface area contributed by atoms with Crippen LogP contribution in [-0.2, 0) is 6.54 Å². The molecule has 0 radical (unpaired) electrons. The molecule has 0 fully saturated rings. The third-order valence-electron chi connectivity index (χ3n) is 4.14. The number of aromatic nitrogens is 2. The number of nitrogens with zero attached hydrogens (tertiary/aromatic N) is 2. The highest BCUT2D eigenvalue weighted by Crippen LogP contribution is 2.22. The fourth-order valence-electron chi connectivity index (χ4n) is 2.86. The van der Waals surface area contributed by atoms with Crippen LogP contribution in [0, 0.1) is 13.8 Å². The van der Waals surface area contributed by atoms with Crippen molar-refractivity contribution in [3.63, 3.8) is 0 Å². The lowest BCUT2D eigenvalue weighted by Gasteiger charge is -2.12. The zero-order chi connectivity index (χ0) is 18.7. The second-order valence-corrected chi connectivity index (χ2v) is 6.19. The van der Waals surface area contributed by atoms with Crippen molar-refractivity contribution in [2.24, 2.45) is 0 Å². The van der Waals surface area contributed by atoms with Gasteiger partial charge in [-0.2, -0.15) is 5.10 Å². The molecule has 0 saturated carbocycles. The first-order valence-corrected chi connectivity index (χ1v) is 8.55. The summed E-state index contributed by atoms with van der Waals surface area (Å²) in [6, 6.07) is 16.2. The van der Waals surface area contributed by atoms with Gasteiger partial charge in [0.15, 0.2) is 5.78 Å². The van der Waals surface area contributed by atoms with Crippen LogP contribution in [-0.4, -0.2) is 21.5 Å². The predicted octanol–water partition coefficient (Wildman–Crippen LogP) is 4.00. The Morgan fingerprint density at radius 1 is 1.04 bits per heavy atom. The highest BCUT2D eigenvalue weighted by Gasteiger charge is 2.18. The molecule has 1 N–H and O–H groups in total. The highest BCUT2D eigenvalue weighted by molar-refractivity contribution is 6.15. The molecule has 0 unspecified atom stereocenters. The van der Waals surface area contributed by atoms with Gasteiger partial charge in [0.2, 0.25) is 0 Å². The molecule has 3 aromatic rings. The predicted molar refractivity (Wildman–Crippen MR) is 102 cm³/mol. The van der Waals surface area contributed by atoms with Crippen LogP contribution in [0.25, 0.3) is 0 Å². The van der Waals surface area contributed by atoms with Crippen molar-refractivity contribution in [2.75, 3.05) is 5.32 Å². The summed E-state index contributed by atoms with van der Waals surface area (Å²) in [6.07, 6.45) is 0. The molecule has 3 rings (SSSR count). The van der Waals surface area contributed by atoms with Gasteiger partial charge in [0.25, 0.3) is 5.91 Å². The molecule has 5 nitrogen and oxygen atoms in total. The normalized spacial score (nSPS) is 10.6. The van der Waals surface area contributed by atoms with Crippen LogP contribution in [0.5, 0.6) is 0 Å². The Bertz CT molecular complexity index is 959. The molecule has 0 atom stereocenters. The smallest absolute Gasteiger partial charge is 0.273 e. The van der Waals surface area contributed by atoms with Crippen molar-refractivity contribution in [2.45, 2.75) is 27.3 Å². The van der Waals surface area contributed by atoms with Crippen molar-refractivity contribution in [1.82, 2.24) is 9.78 Å². The Hall–Kier alpha value is -3.21. The summed E-state index contributed by atoms with van der Waals surface area (Å²) in [5.74, 6) is -0.400. The van der Waals surface area contributed by atoms with E-state index in [1.807, 2.05) is 45.0 Å². The van der Waals surface area contributed by atoms with Gasteiger partial charge in [-0.25, -0.2) is 0 Å². The summed E-state index contributed by atoms with van der Waals surface area (Å²) in [5.41, 5.74) is 3.77. The molecule has 2 aromatic carbocycles. The van der Waals surface area contributed by atoms with Gasteiger partial charge in [-0.1, -0.05) is 42.0 Å². The molecule has 1 heterocycles. The monoisotopic (exact) mass is 347 g/mol. The summed E-state index contributed by atoms with van der Waals surface area (Å²) in [5, 5.41) is 7.17. The van der Waals surface area contributed by atoms with Crippen molar-refractivity contribution in [1.29, 1.82) is 0 Å². The molecule has 0 saturated heterocycles. The number of rotatable bonds is 5. The average Bonchev–Trinajstić information content (AvgIpc) is 3.04. The first-order chi connectivity index (χ1) is 12.5. The lowest BCUT2D eigenvalue weighted by Crippen LogP contribution is -2.19. The molecule has 26 heavy (non-hydrogen) atoms. The summed E-state index contributed by atoms with van der Waals surface area (Å²) in [6.45, 7) is 6.29. The molecule has 1 amide bonds. The van der Waals surface area contributed by atoms with E-state index >= 15 is 0 Å². The molecule has 0 aliphatic carbocycles.